The molecule has 61 heavy (non-hydrogen) atoms. The Kier molecular flexibility index (Phi) is 12.7. The summed E-state index contributed by atoms with van der Waals surface area (Å²) in [6.07, 6.45) is 5.31. The lowest BCUT2D eigenvalue weighted by Crippen LogP contribution is -2.49. The molecule has 2 atom stereocenters. The monoisotopic (exact) mass is 855 g/mol. The molecule has 17 heteroatoms. The topological polar surface area (TPSA) is 159 Å². The molecule has 5 aromatic rings. The number of carbonyl (C=O) groups is 3. The second-order valence-electron chi connectivity index (χ2n) is 14.9. The molecule has 8 rings (SSSR count). The molecule has 0 saturated carbocycles. The zero-order chi connectivity index (χ0) is 42.5. The van der Waals surface area contributed by atoms with Crippen molar-refractivity contribution in [2.75, 3.05) is 51.0 Å². The largest absolute Gasteiger partial charge is 0.480 e. The van der Waals surface area contributed by atoms with Gasteiger partial charge < -0.3 is 24.3 Å². The van der Waals surface area contributed by atoms with Crippen molar-refractivity contribution in [1.82, 2.24) is 30.6 Å². The van der Waals surface area contributed by atoms with Crippen molar-refractivity contribution in [3.05, 3.63) is 106 Å². The Bertz CT molecular complexity index is 2430. The normalized spacial score (nSPS) is 18.6. The van der Waals surface area contributed by atoms with Crippen molar-refractivity contribution >= 4 is 35.0 Å². The summed E-state index contributed by atoms with van der Waals surface area (Å²) in [7, 11) is 0. The third-order valence-corrected chi connectivity index (χ3v) is 11.5. The molecular formula is C44H44ClF2N7O7. The Morgan fingerprint density at radius 2 is 1.82 bits per heavy atom. The number of Topliss-reactive ketones (excluding diaryl/α,β-unsaturated/α-hetero) is 1. The Morgan fingerprint density at radius 3 is 2.59 bits per heavy atom. The Hall–Kier alpha value is -5.81. The highest BCUT2D eigenvalue weighted by Crippen LogP contribution is 2.52. The maximum atomic E-state index is 16.7. The number of hydrogen-bond acceptors (Lipinski definition) is 11. The molecular weight excluding hydrogens is 812 g/mol. The fraction of sp³-hybridized carbons (Fsp3) is 0.364. The van der Waals surface area contributed by atoms with Gasteiger partial charge in [-0.05, 0) is 37.1 Å². The van der Waals surface area contributed by atoms with Gasteiger partial charge in [-0.25, -0.2) is 23.2 Å². The number of nitrogens with zero attached hydrogens (tertiary/aromatic N) is 5. The molecule has 3 aliphatic rings. The van der Waals surface area contributed by atoms with Gasteiger partial charge in [0.15, 0.2) is 17.2 Å². The van der Waals surface area contributed by atoms with Crippen LogP contribution in [-0.4, -0.2) is 89.9 Å². The zero-order valence-corrected chi connectivity index (χ0v) is 34.2. The highest BCUT2D eigenvalue weighted by molar-refractivity contribution is 6.34. The van der Waals surface area contributed by atoms with Crippen LogP contribution in [0.1, 0.15) is 54.1 Å². The number of carbonyl (C=O) groups excluding carboxylic acids is 3. The van der Waals surface area contributed by atoms with Gasteiger partial charge in [-0.15, -0.1) is 5.10 Å². The van der Waals surface area contributed by atoms with Crippen LogP contribution in [0.25, 0.3) is 22.4 Å². The molecule has 14 nitrogen and oxygen atoms in total. The molecule has 2 aromatic heterocycles. The lowest BCUT2D eigenvalue weighted by atomic mass is 9.80. The number of benzene rings is 3. The number of urea groups is 1. The van der Waals surface area contributed by atoms with Crippen molar-refractivity contribution in [2.24, 2.45) is 0 Å². The second kappa shape index (κ2) is 18.4. The van der Waals surface area contributed by atoms with E-state index in [1.165, 1.54) is 17.2 Å². The van der Waals surface area contributed by atoms with E-state index < -0.39 is 29.0 Å². The number of imide groups is 1. The molecule has 0 bridgehead atoms. The molecule has 2 fully saturated rings. The number of ether oxygens (including phenoxy) is 4. The molecule has 0 spiro atoms. The standard InChI is InChI=1S/C44H44ClF2N7O7/c1-2-34(55)31-25-49-42(41(47)39(31)38-30-24-44(36-12-7-14-48-36,28-9-4-3-5-10-28)61-35(30)23-32(46)40(38)45)60-21-20-59-19-18-58-17-16-53-26-33(51-52-53)27-8-6-11-29(22-27)54-15-13-37(56)50-43(54)57/h3-6,8-11,22-23,25-26,36,48H,2,7,12-21,24H2,1H3,(H,50,56,57)/t36-,44-/m0/s1. The van der Waals surface area contributed by atoms with Gasteiger partial charge in [0.1, 0.15) is 23.9 Å². The minimum atomic E-state index is -0.940. The summed E-state index contributed by atoms with van der Waals surface area (Å²) in [4.78, 5) is 42.7. The molecule has 2 N–H and O–H groups in total. The maximum Gasteiger partial charge on any atom is 0.328 e. The van der Waals surface area contributed by atoms with E-state index in [1.807, 2.05) is 48.5 Å². The molecule has 0 aliphatic carbocycles. The van der Waals surface area contributed by atoms with Crippen molar-refractivity contribution < 1.29 is 42.1 Å². The molecule has 3 amide bonds. The van der Waals surface area contributed by atoms with E-state index >= 15 is 8.78 Å². The highest BCUT2D eigenvalue weighted by atomic mass is 35.5. The number of nitrogens with one attached hydrogen (secondary N) is 2. The van der Waals surface area contributed by atoms with Crippen LogP contribution in [0, 0.1) is 11.6 Å². The van der Waals surface area contributed by atoms with Gasteiger partial charge in [0.25, 0.3) is 5.88 Å². The number of fused-ring (bicyclic) bond motifs is 1. The number of rotatable bonds is 17. The minimum absolute atomic E-state index is 0.0362. The van der Waals surface area contributed by atoms with Crippen molar-refractivity contribution in [3.63, 3.8) is 0 Å². The van der Waals surface area contributed by atoms with Gasteiger partial charge in [0.05, 0.1) is 50.2 Å². The van der Waals surface area contributed by atoms with Crippen LogP contribution in [0.2, 0.25) is 5.02 Å². The first kappa shape index (κ1) is 41.9. The first-order chi connectivity index (χ1) is 29.7. The fourth-order valence-electron chi connectivity index (χ4n) is 8.10. The summed E-state index contributed by atoms with van der Waals surface area (Å²) < 4.78 is 57.8. The maximum absolute atomic E-state index is 16.7. The van der Waals surface area contributed by atoms with E-state index in [0.717, 1.165) is 30.5 Å². The summed E-state index contributed by atoms with van der Waals surface area (Å²) in [6.45, 7) is 3.99. The smallest absolute Gasteiger partial charge is 0.328 e. The van der Waals surface area contributed by atoms with Crippen LogP contribution in [0.3, 0.4) is 0 Å². The lowest BCUT2D eigenvalue weighted by Gasteiger charge is -2.35. The number of amides is 3. The third kappa shape index (κ3) is 8.71. The van der Waals surface area contributed by atoms with Crippen LogP contribution in [0.4, 0.5) is 19.3 Å². The summed E-state index contributed by atoms with van der Waals surface area (Å²) in [5.41, 5.74) is 2.31. The van der Waals surface area contributed by atoms with E-state index in [9.17, 15) is 14.4 Å². The van der Waals surface area contributed by atoms with Crippen LogP contribution < -0.4 is 25.0 Å². The summed E-state index contributed by atoms with van der Waals surface area (Å²) in [5, 5.41) is 14.0. The van der Waals surface area contributed by atoms with Crippen LogP contribution in [-0.2, 0) is 32.8 Å². The van der Waals surface area contributed by atoms with Crippen molar-refractivity contribution in [2.45, 2.75) is 57.2 Å². The van der Waals surface area contributed by atoms with Gasteiger partial charge in [-0.1, -0.05) is 66.2 Å². The van der Waals surface area contributed by atoms with Crippen molar-refractivity contribution in [1.29, 1.82) is 0 Å². The molecule has 2 saturated heterocycles. The van der Waals surface area contributed by atoms with E-state index in [4.69, 9.17) is 30.5 Å². The number of halogens is 3. The van der Waals surface area contributed by atoms with Crippen LogP contribution in [0.15, 0.2) is 73.1 Å². The summed E-state index contributed by atoms with van der Waals surface area (Å²) in [5.74, 6) is -2.58. The minimum Gasteiger partial charge on any atom is -0.480 e. The Morgan fingerprint density at radius 1 is 1.02 bits per heavy atom. The molecule has 3 aromatic carbocycles. The van der Waals surface area contributed by atoms with Crippen molar-refractivity contribution in [3.8, 4) is 34.0 Å². The lowest BCUT2D eigenvalue weighted by molar-refractivity contribution is -0.120. The second-order valence-corrected chi connectivity index (χ2v) is 15.3. The quantitative estimate of drug-likeness (QED) is 0.0760. The van der Waals surface area contributed by atoms with E-state index in [-0.39, 0.29) is 91.0 Å². The van der Waals surface area contributed by atoms with E-state index in [1.54, 1.807) is 23.9 Å². The van der Waals surface area contributed by atoms with Gasteiger partial charge in [-0.2, -0.15) is 0 Å². The zero-order valence-electron chi connectivity index (χ0n) is 33.4. The van der Waals surface area contributed by atoms with Gasteiger partial charge in [-0.3, -0.25) is 19.8 Å². The molecule has 318 valence electrons. The predicted octanol–water partition coefficient (Wildman–Crippen LogP) is 6.67. The molecule has 0 unspecified atom stereocenters. The summed E-state index contributed by atoms with van der Waals surface area (Å²) in [6, 6.07) is 17.6. The molecule has 5 heterocycles. The Labute approximate surface area is 355 Å². The molecule has 0 radical (unpaired) electrons. The number of hydrogen-bond donors (Lipinski definition) is 2. The SMILES string of the molecule is CCC(=O)c1cnc(OCCOCCOCCn2cc(-c3cccc(N4CCC(=O)NC4=O)c3)nn2)c(F)c1-c1c(Cl)c(F)cc2c1C[C@](c1ccccc1)([C@@H]1CCCN1)O2. The molecule has 3 aliphatic heterocycles. The number of pyridine rings is 1. The van der Waals surface area contributed by atoms with E-state index in [0.29, 0.717) is 36.6 Å². The van der Waals surface area contributed by atoms with Gasteiger partial charge in [0, 0.05) is 71.6 Å². The average molecular weight is 856 g/mol. The van der Waals surface area contributed by atoms with Gasteiger partial charge >= 0.3 is 6.03 Å². The van der Waals surface area contributed by atoms with E-state index in [2.05, 4.69) is 25.9 Å². The fourth-order valence-corrected chi connectivity index (χ4v) is 8.36. The highest BCUT2D eigenvalue weighted by Gasteiger charge is 2.50. The third-order valence-electron chi connectivity index (χ3n) is 11.1. The Balaban J connectivity index is 0.873. The average Bonchev–Trinajstić information content (AvgIpc) is 4.06. The first-order valence-corrected chi connectivity index (χ1v) is 20.7. The number of aromatic nitrogens is 4. The van der Waals surface area contributed by atoms with Crippen LogP contribution >= 0.6 is 11.6 Å². The summed E-state index contributed by atoms with van der Waals surface area (Å²) >= 11 is 6.70. The number of ketones is 1. The first-order valence-electron chi connectivity index (χ1n) is 20.3. The number of anilines is 1. The van der Waals surface area contributed by atoms with Gasteiger partial charge in [0.2, 0.25) is 5.91 Å². The predicted molar refractivity (Wildman–Crippen MR) is 221 cm³/mol. The van der Waals surface area contributed by atoms with Crippen LogP contribution in [0.5, 0.6) is 11.6 Å².